The predicted molar refractivity (Wildman–Crippen MR) is 55.6 cm³/mol. The number of nitrogens with two attached hydrogens (primary N) is 1. The molecule has 7 heteroatoms. The first-order chi connectivity index (χ1) is 7.15. The van der Waals surface area contributed by atoms with E-state index < -0.39 is 5.91 Å². The standard InChI is InChI=1S/C8H6N4O2S/c9-7-10-2-1-4(11-7)3-5-6(13)12-8(14)15-5/h1-3H,(H2,9,10,11)(H,12,13,14)/b5-3+. The predicted octanol–water partition coefficient (Wildman–Crippen LogP) is 0.383. The van der Waals surface area contributed by atoms with Crippen LogP contribution in [0, 0.1) is 0 Å². The first-order valence-electron chi connectivity index (χ1n) is 3.98. The fraction of sp³-hybridized carbons (Fsp3) is 0. The van der Waals surface area contributed by atoms with E-state index in [1.807, 2.05) is 0 Å². The third-order valence-corrected chi connectivity index (χ3v) is 2.43. The van der Waals surface area contributed by atoms with Gasteiger partial charge in [0, 0.05) is 6.20 Å². The second-order valence-corrected chi connectivity index (χ2v) is 3.71. The second-order valence-electron chi connectivity index (χ2n) is 2.69. The number of thioether (sulfide) groups is 1. The van der Waals surface area contributed by atoms with E-state index in [-0.39, 0.29) is 11.2 Å². The number of nitrogen functional groups attached to an aromatic ring is 1. The lowest BCUT2D eigenvalue weighted by molar-refractivity contribution is -0.115. The van der Waals surface area contributed by atoms with Crippen molar-refractivity contribution in [3.05, 3.63) is 22.9 Å². The van der Waals surface area contributed by atoms with Crippen molar-refractivity contribution in [3.8, 4) is 0 Å². The highest BCUT2D eigenvalue weighted by atomic mass is 32.2. The minimum atomic E-state index is -0.415. The van der Waals surface area contributed by atoms with Crippen molar-refractivity contribution >= 4 is 34.9 Å². The van der Waals surface area contributed by atoms with Crippen LogP contribution in [0.15, 0.2) is 17.2 Å². The highest BCUT2D eigenvalue weighted by molar-refractivity contribution is 8.18. The monoisotopic (exact) mass is 222 g/mol. The van der Waals surface area contributed by atoms with Crippen LogP contribution >= 0.6 is 11.8 Å². The first-order valence-corrected chi connectivity index (χ1v) is 4.80. The van der Waals surface area contributed by atoms with Crippen LogP contribution in [0.3, 0.4) is 0 Å². The average Bonchev–Trinajstić information content (AvgIpc) is 2.45. The minimum Gasteiger partial charge on any atom is -0.368 e. The lowest BCUT2D eigenvalue weighted by Gasteiger charge is -1.94. The fourth-order valence-corrected chi connectivity index (χ4v) is 1.69. The lowest BCUT2D eigenvalue weighted by Crippen LogP contribution is -2.17. The molecule has 0 aromatic carbocycles. The molecule has 0 unspecified atom stereocenters. The van der Waals surface area contributed by atoms with Crippen LogP contribution in [0.1, 0.15) is 5.69 Å². The number of anilines is 1. The van der Waals surface area contributed by atoms with Gasteiger partial charge in [-0.25, -0.2) is 9.97 Å². The molecule has 3 N–H and O–H groups in total. The molecular formula is C8H6N4O2S. The Morgan fingerprint density at radius 3 is 2.87 bits per heavy atom. The Morgan fingerprint density at radius 1 is 1.47 bits per heavy atom. The number of nitrogens with zero attached hydrogens (tertiary/aromatic N) is 2. The molecule has 1 aromatic heterocycles. The van der Waals surface area contributed by atoms with Gasteiger partial charge in [0.1, 0.15) is 0 Å². The summed E-state index contributed by atoms with van der Waals surface area (Å²) in [6.07, 6.45) is 2.97. The van der Waals surface area contributed by atoms with Crippen molar-refractivity contribution in [2.24, 2.45) is 0 Å². The zero-order chi connectivity index (χ0) is 10.8. The Labute approximate surface area is 89.0 Å². The molecule has 0 radical (unpaired) electrons. The van der Waals surface area contributed by atoms with E-state index in [4.69, 9.17) is 5.73 Å². The van der Waals surface area contributed by atoms with Crippen molar-refractivity contribution in [3.63, 3.8) is 0 Å². The number of hydrogen-bond acceptors (Lipinski definition) is 6. The number of amides is 2. The zero-order valence-corrected chi connectivity index (χ0v) is 8.25. The van der Waals surface area contributed by atoms with Crippen LogP contribution in [-0.4, -0.2) is 21.1 Å². The molecule has 76 valence electrons. The van der Waals surface area contributed by atoms with E-state index in [9.17, 15) is 9.59 Å². The van der Waals surface area contributed by atoms with Gasteiger partial charge in [0.05, 0.1) is 10.6 Å². The molecule has 15 heavy (non-hydrogen) atoms. The Kier molecular flexibility index (Phi) is 2.38. The summed E-state index contributed by atoms with van der Waals surface area (Å²) in [4.78, 5) is 29.9. The smallest absolute Gasteiger partial charge is 0.290 e. The van der Waals surface area contributed by atoms with Crippen molar-refractivity contribution in [1.82, 2.24) is 15.3 Å². The molecule has 1 aliphatic heterocycles. The lowest BCUT2D eigenvalue weighted by atomic mass is 10.3. The molecule has 0 atom stereocenters. The van der Waals surface area contributed by atoms with Gasteiger partial charge in [-0.2, -0.15) is 0 Å². The molecule has 1 aliphatic rings. The van der Waals surface area contributed by atoms with E-state index in [1.165, 1.54) is 12.3 Å². The number of hydrogen-bond donors (Lipinski definition) is 2. The molecular weight excluding hydrogens is 216 g/mol. The second kappa shape index (κ2) is 3.70. The number of carbonyl (C=O) groups is 2. The number of nitrogens with one attached hydrogen (secondary N) is 1. The van der Waals surface area contributed by atoms with Crippen LogP contribution in [0.2, 0.25) is 0 Å². The first kappa shape index (κ1) is 9.66. The van der Waals surface area contributed by atoms with Crippen LogP contribution in [-0.2, 0) is 4.79 Å². The summed E-state index contributed by atoms with van der Waals surface area (Å²) < 4.78 is 0. The molecule has 2 rings (SSSR count). The molecule has 2 heterocycles. The SMILES string of the molecule is Nc1nccc(/C=C2/SC(=O)NC2=O)n1. The summed E-state index contributed by atoms with van der Waals surface area (Å²) >= 11 is 0.835. The molecule has 0 saturated carbocycles. The summed E-state index contributed by atoms with van der Waals surface area (Å²) in [6, 6.07) is 1.60. The van der Waals surface area contributed by atoms with Crippen LogP contribution in [0.25, 0.3) is 6.08 Å². The van der Waals surface area contributed by atoms with Gasteiger partial charge in [0.2, 0.25) is 5.95 Å². The topological polar surface area (TPSA) is 98.0 Å². The van der Waals surface area contributed by atoms with E-state index in [2.05, 4.69) is 15.3 Å². The number of aromatic nitrogens is 2. The fourth-order valence-electron chi connectivity index (χ4n) is 1.02. The Morgan fingerprint density at radius 2 is 2.27 bits per heavy atom. The number of rotatable bonds is 1. The highest BCUT2D eigenvalue weighted by Crippen LogP contribution is 2.24. The summed E-state index contributed by atoms with van der Waals surface area (Å²) in [5, 5.41) is 1.76. The minimum absolute atomic E-state index is 0.124. The van der Waals surface area contributed by atoms with Crippen molar-refractivity contribution in [2.75, 3.05) is 5.73 Å². The molecule has 1 fully saturated rings. The number of carbonyl (C=O) groups excluding carboxylic acids is 2. The van der Waals surface area contributed by atoms with Crippen LogP contribution in [0.5, 0.6) is 0 Å². The third kappa shape index (κ3) is 2.13. The maximum Gasteiger partial charge on any atom is 0.290 e. The van der Waals surface area contributed by atoms with E-state index >= 15 is 0 Å². The molecule has 1 aromatic rings. The van der Waals surface area contributed by atoms with Crippen molar-refractivity contribution in [2.45, 2.75) is 0 Å². The maximum absolute atomic E-state index is 11.2. The third-order valence-electron chi connectivity index (χ3n) is 1.62. The largest absolute Gasteiger partial charge is 0.368 e. The highest BCUT2D eigenvalue weighted by Gasteiger charge is 2.25. The van der Waals surface area contributed by atoms with Gasteiger partial charge in [0.15, 0.2) is 0 Å². The van der Waals surface area contributed by atoms with Crippen molar-refractivity contribution < 1.29 is 9.59 Å². The molecule has 1 saturated heterocycles. The summed E-state index contributed by atoms with van der Waals surface area (Å²) in [5.74, 6) is -0.290. The molecule has 0 spiro atoms. The summed E-state index contributed by atoms with van der Waals surface area (Å²) in [7, 11) is 0. The van der Waals surface area contributed by atoms with Gasteiger partial charge in [0.25, 0.3) is 11.1 Å². The summed E-state index contributed by atoms with van der Waals surface area (Å²) in [5.41, 5.74) is 5.86. The Bertz CT molecular complexity index is 471. The van der Waals surface area contributed by atoms with Gasteiger partial charge < -0.3 is 5.73 Å². The van der Waals surface area contributed by atoms with E-state index in [0.29, 0.717) is 10.6 Å². The van der Waals surface area contributed by atoms with Crippen molar-refractivity contribution in [1.29, 1.82) is 0 Å². The van der Waals surface area contributed by atoms with E-state index in [1.54, 1.807) is 6.07 Å². The quantitative estimate of drug-likeness (QED) is 0.667. The van der Waals surface area contributed by atoms with E-state index in [0.717, 1.165) is 11.8 Å². The molecule has 2 amide bonds. The van der Waals surface area contributed by atoms with Crippen LogP contribution in [0.4, 0.5) is 10.7 Å². The normalized spacial score (nSPS) is 18.3. The van der Waals surface area contributed by atoms with Crippen LogP contribution < -0.4 is 11.1 Å². The number of imide groups is 1. The van der Waals surface area contributed by atoms with Gasteiger partial charge in [-0.05, 0) is 23.9 Å². The maximum atomic E-state index is 11.2. The van der Waals surface area contributed by atoms with Gasteiger partial charge >= 0.3 is 0 Å². The molecule has 0 bridgehead atoms. The van der Waals surface area contributed by atoms with Gasteiger partial charge in [-0.3, -0.25) is 14.9 Å². The average molecular weight is 222 g/mol. The molecule has 6 nitrogen and oxygen atoms in total. The Hall–Kier alpha value is -1.89. The summed E-state index contributed by atoms with van der Waals surface area (Å²) in [6.45, 7) is 0. The molecule has 0 aliphatic carbocycles. The Balaban J connectivity index is 2.31. The van der Waals surface area contributed by atoms with Gasteiger partial charge in [-0.1, -0.05) is 0 Å². The zero-order valence-electron chi connectivity index (χ0n) is 7.43. The van der Waals surface area contributed by atoms with Gasteiger partial charge in [-0.15, -0.1) is 0 Å².